The minimum Gasteiger partial charge on any atom is -0.454 e. The third kappa shape index (κ3) is 3.37. The third-order valence-electron chi connectivity index (χ3n) is 4.63. The van der Waals surface area contributed by atoms with Crippen LogP contribution in [0.15, 0.2) is 72.8 Å². The highest BCUT2D eigenvalue weighted by atomic mass is 35.5. The van der Waals surface area contributed by atoms with E-state index in [-0.39, 0.29) is 6.79 Å². The number of hydrogen-bond donors (Lipinski definition) is 0. The molecular weight excluding hydrogens is 390 g/mol. The van der Waals surface area contributed by atoms with Crippen molar-refractivity contribution in [3.05, 3.63) is 83.4 Å². The Morgan fingerprint density at radius 3 is 2.59 bits per heavy atom. The lowest BCUT2D eigenvalue weighted by atomic mass is 10.0. The van der Waals surface area contributed by atoms with Gasteiger partial charge in [0.25, 0.3) is 0 Å². The predicted molar refractivity (Wildman–Crippen MR) is 110 cm³/mol. The van der Waals surface area contributed by atoms with Crippen LogP contribution >= 0.6 is 11.6 Å². The molecule has 0 unspecified atom stereocenters. The minimum atomic E-state index is -0.474. The van der Waals surface area contributed by atoms with Crippen LogP contribution in [-0.2, 0) is 0 Å². The number of hydrogen-bond acceptors (Lipinski definition) is 5. The molecular formula is C23H14ClNO4. The molecule has 6 heteroatoms. The van der Waals surface area contributed by atoms with Gasteiger partial charge in [0.05, 0.1) is 16.8 Å². The summed E-state index contributed by atoms with van der Waals surface area (Å²) >= 11 is 5.99. The highest BCUT2D eigenvalue weighted by molar-refractivity contribution is 6.30. The van der Waals surface area contributed by atoms with Gasteiger partial charge in [-0.05, 0) is 36.4 Å². The number of para-hydroxylation sites is 1. The summed E-state index contributed by atoms with van der Waals surface area (Å²) in [4.78, 5) is 17.7. The molecule has 5 rings (SSSR count). The second-order valence-electron chi connectivity index (χ2n) is 6.48. The van der Waals surface area contributed by atoms with Gasteiger partial charge < -0.3 is 14.2 Å². The predicted octanol–water partition coefficient (Wildman–Crippen LogP) is 5.50. The van der Waals surface area contributed by atoms with Crippen molar-refractivity contribution in [2.45, 2.75) is 0 Å². The van der Waals surface area contributed by atoms with Crippen molar-refractivity contribution in [2.24, 2.45) is 0 Å². The molecule has 0 N–H and O–H groups in total. The van der Waals surface area contributed by atoms with Gasteiger partial charge in [0, 0.05) is 22.0 Å². The zero-order valence-electron chi connectivity index (χ0n) is 15.1. The molecule has 0 atom stereocenters. The number of halogens is 1. The first-order valence-electron chi connectivity index (χ1n) is 8.95. The van der Waals surface area contributed by atoms with Crippen LogP contribution in [0.25, 0.3) is 22.2 Å². The van der Waals surface area contributed by atoms with Crippen molar-refractivity contribution < 1.29 is 19.0 Å². The summed E-state index contributed by atoms with van der Waals surface area (Å²) in [6, 6.07) is 21.6. The fourth-order valence-corrected chi connectivity index (χ4v) is 3.34. The van der Waals surface area contributed by atoms with Crippen molar-refractivity contribution in [3.63, 3.8) is 0 Å². The number of esters is 1. The van der Waals surface area contributed by atoms with Gasteiger partial charge in [-0.1, -0.05) is 41.9 Å². The highest BCUT2D eigenvalue weighted by Crippen LogP contribution is 2.35. The summed E-state index contributed by atoms with van der Waals surface area (Å²) in [5.74, 6) is 1.09. The molecule has 0 bridgehead atoms. The number of nitrogens with zero attached hydrogens (tertiary/aromatic N) is 1. The van der Waals surface area contributed by atoms with Gasteiger partial charge in [-0.15, -0.1) is 0 Å². The highest BCUT2D eigenvalue weighted by Gasteiger charge is 2.19. The Morgan fingerprint density at radius 2 is 1.72 bits per heavy atom. The zero-order chi connectivity index (χ0) is 19.8. The van der Waals surface area contributed by atoms with Crippen LogP contribution in [-0.4, -0.2) is 17.7 Å². The summed E-state index contributed by atoms with van der Waals surface area (Å²) < 4.78 is 16.3. The lowest BCUT2D eigenvalue weighted by Gasteiger charge is -2.10. The monoisotopic (exact) mass is 403 g/mol. The lowest BCUT2D eigenvalue weighted by molar-refractivity contribution is 0.0736. The van der Waals surface area contributed by atoms with E-state index in [0.717, 1.165) is 10.9 Å². The summed E-state index contributed by atoms with van der Waals surface area (Å²) in [6.07, 6.45) is 0. The number of pyridine rings is 1. The largest absolute Gasteiger partial charge is 0.454 e. The second-order valence-corrected chi connectivity index (χ2v) is 6.92. The Balaban J connectivity index is 1.55. The Labute approximate surface area is 171 Å². The molecule has 0 amide bonds. The smallest absolute Gasteiger partial charge is 0.344 e. The maximum Gasteiger partial charge on any atom is 0.344 e. The van der Waals surface area contributed by atoms with Crippen LogP contribution < -0.4 is 14.2 Å². The fourth-order valence-electron chi connectivity index (χ4n) is 3.22. The summed E-state index contributed by atoms with van der Waals surface area (Å²) in [6.45, 7) is 0.159. The van der Waals surface area contributed by atoms with Crippen LogP contribution in [0.4, 0.5) is 0 Å². The van der Waals surface area contributed by atoms with Crippen molar-refractivity contribution in [1.29, 1.82) is 0 Å². The molecule has 142 valence electrons. The molecule has 0 radical (unpaired) electrons. The third-order valence-corrected chi connectivity index (χ3v) is 4.88. The van der Waals surface area contributed by atoms with Gasteiger partial charge in [-0.2, -0.15) is 0 Å². The molecule has 4 aromatic rings. The molecule has 0 fully saturated rings. The zero-order valence-corrected chi connectivity index (χ0v) is 15.8. The van der Waals surface area contributed by atoms with Crippen LogP contribution in [0, 0.1) is 0 Å². The van der Waals surface area contributed by atoms with E-state index in [1.807, 2.05) is 36.4 Å². The molecule has 0 aliphatic carbocycles. The molecule has 1 aliphatic rings. The average Bonchev–Trinajstić information content (AvgIpc) is 3.21. The minimum absolute atomic E-state index is 0.159. The van der Waals surface area contributed by atoms with Crippen LogP contribution in [0.5, 0.6) is 17.2 Å². The van der Waals surface area contributed by atoms with Crippen LogP contribution in [0.2, 0.25) is 5.02 Å². The van der Waals surface area contributed by atoms with E-state index in [1.165, 1.54) is 0 Å². The van der Waals surface area contributed by atoms with E-state index in [2.05, 4.69) is 4.98 Å². The maximum absolute atomic E-state index is 13.0. The maximum atomic E-state index is 13.0. The van der Waals surface area contributed by atoms with E-state index >= 15 is 0 Å². The topological polar surface area (TPSA) is 57.7 Å². The molecule has 1 aromatic heterocycles. The first-order chi connectivity index (χ1) is 14.2. The number of carbonyl (C=O) groups is 1. The first kappa shape index (κ1) is 17.5. The Bertz CT molecular complexity index is 1240. The molecule has 0 saturated carbocycles. The van der Waals surface area contributed by atoms with Crippen LogP contribution in [0.1, 0.15) is 10.4 Å². The molecule has 1 aliphatic heterocycles. The number of ether oxygens (including phenoxy) is 3. The standard InChI is InChI=1S/C23H14ClNO4/c24-15-7-5-14(6-8-15)20-12-18(17-3-1-2-4-19(17)25-20)23(26)29-16-9-10-21-22(11-16)28-13-27-21/h1-12H,13H2. The van der Waals surface area contributed by atoms with Crippen molar-refractivity contribution >= 4 is 28.5 Å². The van der Waals surface area contributed by atoms with Crippen molar-refractivity contribution in [2.75, 3.05) is 6.79 Å². The quantitative estimate of drug-likeness (QED) is 0.334. The molecule has 3 aromatic carbocycles. The fraction of sp³-hybridized carbons (Fsp3) is 0.0435. The molecule has 5 nitrogen and oxygen atoms in total. The van der Waals surface area contributed by atoms with E-state index in [9.17, 15) is 4.79 Å². The summed E-state index contributed by atoms with van der Waals surface area (Å²) in [5.41, 5.74) is 2.66. The van der Waals surface area contributed by atoms with E-state index in [0.29, 0.717) is 39.0 Å². The molecule has 29 heavy (non-hydrogen) atoms. The Hall–Kier alpha value is -3.57. The van der Waals surface area contributed by atoms with Crippen LogP contribution in [0.3, 0.4) is 0 Å². The number of benzene rings is 3. The van der Waals surface area contributed by atoms with Gasteiger partial charge in [-0.25, -0.2) is 9.78 Å². The second kappa shape index (κ2) is 7.11. The van der Waals surface area contributed by atoms with Crippen molar-refractivity contribution in [3.8, 4) is 28.5 Å². The van der Waals surface area contributed by atoms with E-state index < -0.39 is 5.97 Å². The summed E-state index contributed by atoms with van der Waals surface area (Å²) in [5, 5.41) is 1.35. The molecule has 2 heterocycles. The SMILES string of the molecule is O=C(Oc1ccc2c(c1)OCO2)c1cc(-c2ccc(Cl)cc2)nc2ccccc12. The molecule has 0 spiro atoms. The van der Waals surface area contributed by atoms with E-state index in [4.69, 9.17) is 25.8 Å². The number of rotatable bonds is 3. The van der Waals surface area contributed by atoms with Gasteiger partial charge in [-0.3, -0.25) is 0 Å². The van der Waals surface area contributed by atoms with E-state index in [1.54, 1.807) is 36.4 Å². The average molecular weight is 404 g/mol. The van der Waals surface area contributed by atoms with Crippen molar-refractivity contribution in [1.82, 2.24) is 4.98 Å². The number of fused-ring (bicyclic) bond motifs is 2. The summed E-state index contributed by atoms with van der Waals surface area (Å²) in [7, 11) is 0. The van der Waals surface area contributed by atoms with Gasteiger partial charge in [0.1, 0.15) is 5.75 Å². The Kier molecular flexibility index (Phi) is 4.30. The van der Waals surface area contributed by atoms with Gasteiger partial charge >= 0.3 is 5.97 Å². The normalized spacial score (nSPS) is 12.2. The lowest BCUT2D eigenvalue weighted by Crippen LogP contribution is -2.10. The molecule has 0 saturated heterocycles. The Morgan fingerprint density at radius 1 is 0.931 bits per heavy atom. The van der Waals surface area contributed by atoms with Gasteiger partial charge in [0.15, 0.2) is 11.5 Å². The van der Waals surface area contributed by atoms with Gasteiger partial charge in [0.2, 0.25) is 6.79 Å². The first-order valence-corrected chi connectivity index (χ1v) is 9.33. The number of carbonyl (C=O) groups excluding carboxylic acids is 1. The number of aromatic nitrogens is 1.